The lowest BCUT2D eigenvalue weighted by Crippen LogP contribution is -2.10. The Morgan fingerprint density at radius 3 is 3.09 bits per heavy atom. The minimum Gasteiger partial charge on any atom is -0.272 e. The molecular formula is C8H9N3. The molecule has 0 spiro atoms. The van der Waals surface area contributed by atoms with Crippen molar-refractivity contribution >= 4 is 6.21 Å². The smallest absolute Gasteiger partial charge is 0.0641 e. The van der Waals surface area contributed by atoms with Crippen molar-refractivity contribution in [2.75, 3.05) is 6.54 Å². The third kappa shape index (κ3) is 2.67. The van der Waals surface area contributed by atoms with Gasteiger partial charge in [-0.3, -0.25) is 5.01 Å². The summed E-state index contributed by atoms with van der Waals surface area (Å²) >= 11 is 0. The predicted octanol–water partition coefficient (Wildman–Crippen LogP) is 1.27. The van der Waals surface area contributed by atoms with E-state index in [4.69, 9.17) is 5.26 Å². The maximum atomic E-state index is 8.30. The molecule has 1 rings (SSSR count). The van der Waals surface area contributed by atoms with Crippen molar-refractivity contribution in [2.24, 2.45) is 5.10 Å². The highest BCUT2D eigenvalue weighted by atomic mass is 15.4. The zero-order valence-corrected chi connectivity index (χ0v) is 6.14. The van der Waals surface area contributed by atoms with Crippen molar-refractivity contribution in [1.82, 2.24) is 5.01 Å². The summed E-state index contributed by atoms with van der Waals surface area (Å²) in [7, 11) is 0. The Morgan fingerprint density at radius 2 is 2.27 bits per heavy atom. The van der Waals surface area contributed by atoms with Gasteiger partial charge in [0.2, 0.25) is 0 Å². The molecule has 0 aromatic heterocycles. The average molecular weight is 147 g/mol. The number of hydrogen-bond donors (Lipinski definition) is 0. The highest BCUT2D eigenvalue weighted by Gasteiger charge is 1.93. The van der Waals surface area contributed by atoms with Crippen molar-refractivity contribution < 1.29 is 0 Å². The molecule has 3 nitrogen and oxygen atoms in total. The normalized spacial score (nSPS) is 14.6. The molecule has 1 heterocycles. The summed E-state index contributed by atoms with van der Waals surface area (Å²) in [4.78, 5) is 0. The lowest BCUT2D eigenvalue weighted by Gasteiger charge is -2.09. The molecule has 1 aliphatic rings. The van der Waals surface area contributed by atoms with Crippen LogP contribution in [0.4, 0.5) is 0 Å². The van der Waals surface area contributed by atoms with Crippen LogP contribution in [0.3, 0.4) is 0 Å². The van der Waals surface area contributed by atoms with Crippen LogP contribution in [-0.4, -0.2) is 17.8 Å². The largest absolute Gasteiger partial charge is 0.272 e. The Morgan fingerprint density at radius 1 is 1.36 bits per heavy atom. The molecule has 0 aromatic carbocycles. The number of nitrogens with zero attached hydrogens (tertiary/aromatic N) is 3. The van der Waals surface area contributed by atoms with Crippen molar-refractivity contribution in [3.63, 3.8) is 0 Å². The van der Waals surface area contributed by atoms with E-state index < -0.39 is 0 Å². The second-order valence-corrected chi connectivity index (χ2v) is 2.06. The number of hydrazone groups is 1. The third-order valence-corrected chi connectivity index (χ3v) is 1.23. The number of allylic oxidation sites excluding steroid dienone is 3. The second-order valence-electron chi connectivity index (χ2n) is 2.06. The van der Waals surface area contributed by atoms with Crippen LogP contribution in [0, 0.1) is 11.3 Å². The number of hydrogen-bond acceptors (Lipinski definition) is 3. The molecule has 11 heavy (non-hydrogen) atoms. The van der Waals surface area contributed by atoms with Gasteiger partial charge in [0, 0.05) is 12.4 Å². The topological polar surface area (TPSA) is 39.4 Å². The standard InChI is InChI=1S/C8H9N3/c9-5-4-8-11-7-3-1-2-6-10-11/h1-3,6-7H,4,8H2. The summed E-state index contributed by atoms with van der Waals surface area (Å²) < 4.78 is 0. The molecule has 0 unspecified atom stereocenters. The summed E-state index contributed by atoms with van der Waals surface area (Å²) in [5.74, 6) is 0. The van der Waals surface area contributed by atoms with Gasteiger partial charge in [-0.05, 0) is 12.2 Å². The third-order valence-electron chi connectivity index (χ3n) is 1.23. The first-order valence-electron chi connectivity index (χ1n) is 3.44. The van der Waals surface area contributed by atoms with E-state index in [0.29, 0.717) is 13.0 Å². The SMILES string of the molecule is N#CCCN1C=CC=CC=N1. The Labute approximate surface area is 65.9 Å². The van der Waals surface area contributed by atoms with Gasteiger partial charge in [0.25, 0.3) is 0 Å². The molecular weight excluding hydrogens is 138 g/mol. The van der Waals surface area contributed by atoms with Crippen LogP contribution >= 0.6 is 0 Å². The molecule has 0 atom stereocenters. The minimum atomic E-state index is 0.502. The van der Waals surface area contributed by atoms with Crippen LogP contribution < -0.4 is 0 Å². The van der Waals surface area contributed by atoms with E-state index in [1.165, 1.54) is 0 Å². The summed E-state index contributed by atoms with van der Waals surface area (Å²) in [5.41, 5.74) is 0. The Bertz CT molecular complexity index is 216. The van der Waals surface area contributed by atoms with Crippen molar-refractivity contribution in [1.29, 1.82) is 5.26 Å². The summed E-state index contributed by atoms with van der Waals surface area (Å²) in [6.07, 6.45) is 9.69. The molecule has 0 amide bonds. The van der Waals surface area contributed by atoms with Crippen LogP contribution in [0.25, 0.3) is 0 Å². The Balaban J connectivity index is 2.41. The van der Waals surface area contributed by atoms with E-state index in [0.717, 1.165) is 0 Å². The van der Waals surface area contributed by atoms with E-state index in [1.54, 1.807) is 11.2 Å². The first-order chi connectivity index (χ1) is 5.43. The molecule has 0 saturated heterocycles. The fourth-order valence-electron chi connectivity index (χ4n) is 0.722. The Hall–Kier alpha value is -1.56. The average Bonchev–Trinajstić information content (AvgIpc) is 2.28. The van der Waals surface area contributed by atoms with Crippen molar-refractivity contribution in [3.8, 4) is 6.07 Å². The zero-order chi connectivity index (χ0) is 7.94. The van der Waals surface area contributed by atoms with E-state index in [2.05, 4.69) is 11.2 Å². The monoisotopic (exact) mass is 147 g/mol. The lowest BCUT2D eigenvalue weighted by molar-refractivity contribution is 0.411. The van der Waals surface area contributed by atoms with Crippen LogP contribution in [0.1, 0.15) is 6.42 Å². The molecule has 0 saturated carbocycles. The van der Waals surface area contributed by atoms with Gasteiger partial charge in [-0.2, -0.15) is 10.4 Å². The summed E-state index contributed by atoms with van der Waals surface area (Å²) in [5, 5.41) is 14.1. The van der Waals surface area contributed by atoms with E-state index in [-0.39, 0.29) is 0 Å². The molecule has 0 aromatic rings. The molecule has 0 aliphatic carbocycles. The number of rotatable bonds is 2. The molecule has 1 aliphatic heterocycles. The molecule has 0 fully saturated rings. The van der Waals surface area contributed by atoms with Crippen molar-refractivity contribution in [2.45, 2.75) is 6.42 Å². The van der Waals surface area contributed by atoms with Gasteiger partial charge in [-0.15, -0.1) is 0 Å². The van der Waals surface area contributed by atoms with Gasteiger partial charge in [0.05, 0.1) is 19.0 Å². The fraction of sp³-hybridized carbons (Fsp3) is 0.250. The van der Waals surface area contributed by atoms with Gasteiger partial charge in [-0.25, -0.2) is 0 Å². The summed E-state index contributed by atoms with van der Waals surface area (Å²) in [6, 6.07) is 2.07. The van der Waals surface area contributed by atoms with Crippen LogP contribution in [-0.2, 0) is 0 Å². The highest BCUT2D eigenvalue weighted by molar-refractivity contribution is 5.71. The van der Waals surface area contributed by atoms with Gasteiger partial charge in [-0.1, -0.05) is 6.08 Å². The number of nitriles is 1. The predicted molar refractivity (Wildman–Crippen MR) is 43.7 cm³/mol. The van der Waals surface area contributed by atoms with E-state index >= 15 is 0 Å². The van der Waals surface area contributed by atoms with Crippen LogP contribution in [0.2, 0.25) is 0 Å². The van der Waals surface area contributed by atoms with Crippen molar-refractivity contribution in [3.05, 3.63) is 24.4 Å². The first-order valence-corrected chi connectivity index (χ1v) is 3.44. The van der Waals surface area contributed by atoms with E-state index in [9.17, 15) is 0 Å². The zero-order valence-electron chi connectivity index (χ0n) is 6.14. The molecule has 3 heteroatoms. The van der Waals surface area contributed by atoms with Crippen LogP contribution in [0.5, 0.6) is 0 Å². The molecule has 0 bridgehead atoms. The molecule has 0 N–H and O–H groups in total. The maximum Gasteiger partial charge on any atom is 0.0641 e. The van der Waals surface area contributed by atoms with Gasteiger partial charge >= 0.3 is 0 Å². The highest BCUT2D eigenvalue weighted by Crippen LogP contribution is 1.96. The van der Waals surface area contributed by atoms with Gasteiger partial charge in [0.1, 0.15) is 0 Å². The first kappa shape index (κ1) is 7.55. The van der Waals surface area contributed by atoms with Crippen LogP contribution in [0.15, 0.2) is 29.5 Å². The van der Waals surface area contributed by atoms with E-state index in [1.807, 2.05) is 24.4 Å². The fourth-order valence-corrected chi connectivity index (χ4v) is 0.722. The summed E-state index contributed by atoms with van der Waals surface area (Å²) in [6.45, 7) is 0.658. The second kappa shape index (κ2) is 4.29. The minimum absolute atomic E-state index is 0.502. The Kier molecular flexibility index (Phi) is 2.94. The lowest BCUT2D eigenvalue weighted by atomic mass is 10.4. The van der Waals surface area contributed by atoms with Gasteiger partial charge < -0.3 is 0 Å². The maximum absolute atomic E-state index is 8.30. The molecule has 0 radical (unpaired) electrons. The van der Waals surface area contributed by atoms with Gasteiger partial charge in [0.15, 0.2) is 0 Å². The molecule has 56 valence electrons. The quantitative estimate of drug-likeness (QED) is 0.590.